The molecule has 0 aliphatic carbocycles. The van der Waals surface area contributed by atoms with E-state index in [4.69, 9.17) is 8.92 Å². The summed E-state index contributed by atoms with van der Waals surface area (Å²) < 4.78 is 21.7. The Balaban J connectivity index is 2.58. The third kappa shape index (κ3) is 2.48. The van der Waals surface area contributed by atoms with Crippen molar-refractivity contribution in [2.75, 3.05) is 14.2 Å². The molecule has 0 aliphatic rings. The van der Waals surface area contributed by atoms with Crippen molar-refractivity contribution < 1.29 is 13.1 Å². The summed E-state index contributed by atoms with van der Waals surface area (Å²) in [5.74, 6) is 1.08. The zero-order valence-corrected chi connectivity index (χ0v) is 10.6. The van der Waals surface area contributed by atoms with Crippen molar-refractivity contribution >= 4 is 21.9 Å². The smallest absolute Gasteiger partial charge is 0.159 e. The minimum atomic E-state index is -1.33. The van der Waals surface area contributed by atoms with Gasteiger partial charge in [-0.05, 0) is 16.8 Å². The van der Waals surface area contributed by atoms with Crippen LogP contribution in [-0.2, 0) is 21.0 Å². The van der Waals surface area contributed by atoms with Gasteiger partial charge in [-0.15, -0.1) is 0 Å². The van der Waals surface area contributed by atoms with E-state index in [0.717, 1.165) is 22.1 Å². The second-order valence-corrected chi connectivity index (χ2v) is 4.81. The Hall–Kier alpha value is -1.39. The largest absolute Gasteiger partial charge is 0.496 e. The lowest BCUT2D eigenvalue weighted by Crippen LogP contribution is -2.00. The molecular weight excluding hydrogens is 236 g/mol. The molecule has 0 saturated carbocycles. The van der Waals surface area contributed by atoms with Gasteiger partial charge < -0.3 is 4.74 Å². The number of benzene rings is 2. The van der Waals surface area contributed by atoms with Crippen molar-refractivity contribution in [2.24, 2.45) is 0 Å². The summed E-state index contributed by atoms with van der Waals surface area (Å²) in [5, 5.41) is 2.16. The predicted molar refractivity (Wildman–Crippen MR) is 69.4 cm³/mol. The molecule has 3 nitrogen and oxygen atoms in total. The number of methoxy groups -OCH3 is 1. The molecule has 2 aromatic rings. The fourth-order valence-electron chi connectivity index (χ4n) is 1.83. The zero-order chi connectivity index (χ0) is 12.3. The van der Waals surface area contributed by atoms with Gasteiger partial charge in [0, 0.05) is 5.56 Å². The van der Waals surface area contributed by atoms with Gasteiger partial charge in [-0.1, -0.05) is 30.3 Å². The molecule has 0 aromatic heterocycles. The van der Waals surface area contributed by atoms with Gasteiger partial charge in [0.25, 0.3) is 0 Å². The third-order valence-electron chi connectivity index (χ3n) is 2.67. The normalized spacial score (nSPS) is 12.6. The van der Waals surface area contributed by atoms with E-state index < -0.39 is 11.1 Å². The van der Waals surface area contributed by atoms with Gasteiger partial charge in [0.15, 0.2) is 11.1 Å². The highest BCUT2D eigenvalue weighted by Gasteiger charge is 2.11. The van der Waals surface area contributed by atoms with Gasteiger partial charge in [-0.25, -0.2) is 4.21 Å². The molecule has 0 fully saturated rings. The first-order chi connectivity index (χ1) is 8.26. The summed E-state index contributed by atoms with van der Waals surface area (Å²) in [6, 6.07) is 11.8. The number of hydrogen-bond donors (Lipinski definition) is 0. The molecule has 0 heterocycles. The van der Waals surface area contributed by atoms with Crippen molar-refractivity contribution in [1.82, 2.24) is 0 Å². The number of rotatable bonds is 4. The Morgan fingerprint density at radius 3 is 2.59 bits per heavy atom. The molecule has 0 amide bonds. The van der Waals surface area contributed by atoms with Crippen molar-refractivity contribution in [3.8, 4) is 5.75 Å². The average Bonchev–Trinajstić information content (AvgIpc) is 2.39. The van der Waals surface area contributed by atoms with Crippen LogP contribution >= 0.6 is 0 Å². The lowest BCUT2D eigenvalue weighted by molar-refractivity contribution is 0.410. The molecule has 0 saturated heterocycles. The van der Waals surface area contributed by atoms with E-state index in [0.29, 0.717) is 5.75 Å². The van der Waals surface area contributed by atoms with Crippen LogP contribution in [0, 0.1) is 0 Å². The molecule has 4 heteroatoms. The Morgan fingerprint density at radius 1 is 1.12 bits per heavy atom. The van der Waals surface area contributed by atoms with Crippen molar-refractivity contribution in [3.05, 3.63) is 42.0 Å². The molecule has 2 aromatic carbocycles. The van der Waals surface area contributed by atoms with Crippen molar-refractivity contribution in [2.45, 2.75) is 5.75 Å². The topological polar surface area (TPSA) is 35.5 Å². The second-order valence-electron chi connectivity index (χ2n) is 3.58. The molecule has 0 spiro atoms. The van der Waals surface area contributed by atoms with Crippen LogP contribution in [0.1, 0.15) is 5.56 Å². The highest BCUT2D eigenvalue weighted by molar-refractivity contribution is 7.79. The van der Waals surface area contributed by atoms with Crippen LogP contribution in [-0.4, -0.2) is 18.4 Å². The molecule has 1 atom stereocenters. The maximum Gasteiger partial charge on any atom is 0.159 e. The number of hydrogen-bond acceptors (Lipinski definition) is 3. The van der Waals surface area contributed by atoms with Crippen molar-refractivity contribution in [3.63, 3.8) is 0 Å². The Morgan fingerprint density at radius 2 is 1.88 bits per heavy atom. The number of ether oxygens (including phenoxy) is 1. The minimum absolute atomic E-state index is 0.334. The van der Waals surface area contributed by atoms with E-state index in [1.807, 2.05) is 36.4 Å². The first-order valence-corrected chi connectivity index (χ1v) is 6.48. The SMILES string of the molecule is COc1ccc2ccccc2c1CS(=O)OC. The first-order valence-electron chi connectivity index (χ1n) is 5.23. The van der Waals surface area contributed by atoms with Gasteiger partial charge in [0.1, 0.15) is 5.75 Å². The van der Waals surface area contributed by atoms with Gasteiger partial charge in [-0.3, -0.25) is 4.18 Å². The maximum absolute atomic E-state index is 11.5. The molecule has 2 rings (SSSR count). The minimum Gasteiger partial charge on any atom is -0.496 e. The molecule has 0 radical (unpaired) electrons. The van der Waals surface area contributed by atoms with Crippen LogP contribution in [0.2, 0.25) is 0 Å². The van der Waals surface area contributed by atoms with Crippen LogP contribution in [0.15, 0.2) is 36.4 Å². The van der Waals surface area contributed by atoms with Crippen LogP contribution in [0.25, 0.3) is 10.8 Å². The molecule has 0 N–H and O–H groups in total. The van der Waals surface area contributed by atoms with Gasteiger partial charge in [0.2, 0.25) is 0 Å². The first kappa shape index (κ1) is 12.1. The molecular formula is C13H14O3S. The Kier molecular flexibility index (Phi) is 3.76. The quantitative estimate of drug-likeness (QED) is 0.837. The zero-order valence-electron chi connectivity index (χ0n) is 9.80. The standard InChI is InChI=1S/C13H14O3S/c1-15-13-8-7-10-5-3-4-6-11(10)12(13)9-17(14)16-2/h3-8H,9H2,1-2H3. The molecule has 0 bridgehead atoms. The highest BCUT2D eigenvalue weighted by atomic mass is 32.2. The van der Waals surface area contributed by atoms with Crippen LogP contribution in [0.4, 0.5) is 0 Å². The summed E-state index contributed by atoms with van der Waals surface area (Å²) in [6.07, 6.45) is 0. The fourth-order valence-corrected chi connectivity index (χ4v) is 2.48. The van der Waals surface area contributed by atoms with E-state index in [1.54, 1.807) is 7.11 Å². The Bertz CT molecular complexity index is 551. The summed E-state index contributed by atoms with van der Waals surface area (Å²) in [5.41, 5.74) is 0.922. The maximum atomic E-state index is 11.5. The average molecular weight is 250 g/mol. The molecule has 1 unspecified atom stereocenters. The number of fused-ring (bicyclic) bond motifs is 1. The highest BCUT2D eigenvalue weighted by Crippen LogP contribution is 2.29. The summed E-state index contributed by atoms with van der Waals surface area (Å²) in [6.45, 7) is 0. The van der Waals surface area contributed by atoms with E-state index in [1.165, 1.54) is 7.11 Å². The monoisotopic (exact) mass is 250 g/mol. The van der Waals surface area contributed by atoms with E-state index in [-0.39, 0.29) is 0 Å². The second kappa shape index (κ2) is 5.29. The third-order valence-corrected chi connectivity index (χ3v) is 3.56. The van der Waals surface area contributed by atoms with Gasteiger partial charge in [0.05, 0.1) is 20.0 Å². The van der Waals surface area contributed by atoms with E-state index in [2.05, 4.69) is 0 Å². The van der Waals surface area contributed by atoms with E-state index >= 15 is 0 Å². The van der Waals surface area contributed by atoms with Crippen LogP contribution < -0.4 is 4.74 Å². The predicted octanol–water partition coefficient (Wildman–Crippen LogP) is 2.66. The summed E-state index contributed by atoms with van der Waals surface area (Å²) in [4.78, 5) is 0. The lowest BCUT2D eigenvalue weighted by atomic mass is 10.0. The molecule has 90 valence electrons. The fraction of sp³-hybridized carbons (Fsp3) is 0.231. The molecule has 17 heavy (non-hydrogen) atoms. The summed E-state index contributed by atoms with van der Waals surface area (Å²) >= 11 is -1.33. The molecule has 0 aliphatic heterocycles. The lowest BCUT2D eigenvalue weighted by Gasteiger charge is -2.11. The van der Waals surface area contributed by atoms with Crippen LogP contribution in [0.3, 0.4) is 0 Å². The van der Waals surface area contributed by atoms with Gasteiger partial charge >= 0.3 is 0 Å². The summed E-state index contributed by atoms with van der Waals surface area (Å²) in [7, 11) is 3.05. The van der Waals surface area contributed by atoms with Crippen LogP contribution in [0.5, 0.6) is 5.75 Å². The Labute approximate surface area is 103 Å². The van der Waals surface area contributed by atoms with Crippen molar-refractivity contribution in [1.29, 1.82) is 0 Å². The van der Waals surface area contributed by atoms with Gasteiger partial charge in [-0.2, -0.15) is 0 Å². The van der Waals surface area contributed by atoms with E-state index in [9.17, 15) is 4.21 Å².